The van der Waals surface area contributed by atoms with Crippen LogP contribution in [0.1, 0.15) is 23.8 Å². The Morgan fingerprint density at radius 1 is 1.06 bits per heavy atom. The molecule has 1 heterocycles. The van der Waals surface area contributed by atoms with Gasteiger partial charge < -0.3 is 10.1 Å². The Bertz CT molecular complexity index is 1340. The van der Waals surface area contributed by atoms with Crippen LogP contribution in [0.4, 0.5) is 10.1 Å². The van der Waals surface area contributed by atoms with E-state index in [4.69, 9.17) is 9.72 Å². The number of thioether (sulfide) groups is 1. The number of carbonyl (C=O) groups excluding carboxylic acids is 1. The van der Waals surface area contributed by atoms with Gasteiger partial charge in [0, 0.05) is 12.8 Å². The van der Waals surface area contributed by atoms with Crippen LogP contribution in [0.2, 0.25) is 0 Å². The van der Waals surface area contributed by atoms with Crippen molar-refractivity contribution < 1.29 is 13.9 Å². The molecule has 174 valence electrons. The number of rotatable bonds is 8. The number of fused-ring (bicyclic) bond motifs is 1. The van der Waals surface area contributed by atoms with Gasteiger partial charge in [-0.15, -0.1) is 0 Å². The summed E-state index contributed by atoms with van der Waals surface area (Å²) in [6.07, 6.45) is 0. The number of ether oxygens (including phenoxy) is 1. The zero-order valence-corrected chi connectivity index (χ0v) is 19.6. The lowest BCUT2D eigenvalue weighted by molar-refractivity contribution is -0.115. The normalized spacial score (nSPS) is 12.9. The van der Waals surface area contributed by atoms with Gasteiger partial charge >= 0.3 is 0 Å². The van der Waals surface area contributed by atoms with Crippen molar-refractivity contribution >= 4 is 34.3 Å². The molecule has 0 saturated heterocycles. The number of amides is 1. The molecule has 0 aliphatic rings. The maximum atomic E-state index is 13.4. The van der Waals surface area contributed by atoms with E-state index in [-0.39, 0.29) is 23.3 Å². The second kappa shape index (κ2) is 10.6. The van der Waals surface area contributed by atoms with E-state index in [0.29, 0.717) is 28.4 Å². The zero-order chi connectivity index (χ0) is 24.1. The molecule has 0 aliphatic carbocycles. The Kier molecular flexibility index (Phi) is 7.40. The lowest BCUT2D eigenvalue weighted by Gasteiger charge is -2.22. The molecule has 0 aliphatic heterocycles. The Hall–Kier alpha value is -3.49. The molecule has 1 amide bonds. The Balaban J connectivity index is 1.78. The number of halogens is 1. The number of nitrogens with zero attached hydrogens (tertiary/aromatic N) is 2. The van der Waals surface area contributed by atoms with Crippen LogP contribution < -0.4 is 10.9 Å². The highest BCUT2D eigenvalue weighted by Gasteiger charge is 2.26. The average molecular weight is 478 g/mol. The van der Waals surface area contributed by atoms with E-state index >= 15 is 0 Å². The molecular weight excluding hydrogens is 453 g/mol. The first-order valence-electron chi connectivity index (χ1n) is 10.8. The third-order valence-electron chi connectivity index (χ3n) is 5.30. The summed E-state index contributed by atoms with van der Waals surface area (Å²) in [7, 11) is 1.58. The van der Waals surface area contributed by atoms with E-state index in [1.807, 2.05) is 43.3 Å². The molecule has 0 unspecified atom stereocenters. The molecule has 0 saturated carbocycles. The summed E-state index contributed by atoms with van der Waals surface area (Å²) in [6.45, 7) is 2.19. The Morgan fingerprint density at radius 3 is 2.44 bits per heavy atom. The minimum atomic E-state index is -0.708. The fourth-order valence-corrected chi connectivity index (χ4v) is 4.86. The van der Waals surface area contributed by atoms with E-state index in [1.165, 1.54) is 36.0 Å². The number of anilines is 1. The average Bonchev–Trinajstić information content (AvgIpc) is 2.84. The number of para-hydroxylation sites is 1. The van der Waals surface area contributed by atoms with E-state index in [9.17, 15) is 14.0 Å². The van der Waals surface area contributed by atoms with E-state index in [1.54, 1.807) is 29.9 Å². The highest BCUT2D eigenvalue weighted by atomic mass is 32.2. The van der Waals surface area contributed by atoms with Crippen molar-refractivity contribution in [1.82, 2.24) is 9.55 Å². The fraction of sp³-hybridized carbons (Fsp3) is 0.192. The zero-order valence-electron chi connectivity index (χ0n) is 18.8. The highest BCUT2D eigenvalue weighted by Crippen LogP contribution is 2.36. The molecule has 0 spiro atoms. The standard InChI is InChI=1S/C26H24FN3O3S/c1-17(16-33-2)30-25(32)21-10-6-7-11-22(21)29-26(30)34-23(18-8-4-3-5-9-18)24(31)28-20-14-12-19(27)13-15-20/h3-15,17,23H,16H2,1-2H3,(H,28,31)/t17-,23-/m1/s1. The van der Waals surface area contributed by atoms with Crippen LogP contribution in [-0.2, 0) is 9.53 Å². The molecule has 0 radical (unpaired) electrons. The topological polar surface area (TPSA) is 73.2 Å². The Labute approximate surface area is 200 Å². The van der Waals surface area contributed by atoms with Crippen molar-refractivity contribution in [2.45, 2.75) is 23.4 Å². The molecule has 8 heteroatoms. The maximum absolute atomic E-state index is 13.4. The molecule has 4 rings (SSSR count). The van der Waals surface area contributed by atoms with E-state index in [0.717, 1.165) is 5.56 Å². The number of nitrogens with one attached hydrogen (secondary N) is 1. The van der Waals surface area contributed by atoms with Crippen molar-refractivity contribution in [1.29, 1.82) is 0 Å². The van der Waals surface area contributed by atoms with Crippen molar-refractivity contribution in [3.05, 3.63) is 101 Å². The minimum Gasteiger partial charge on any atom is -0.383 e. The predicted octanol–water partition coefficient (Wildman–Crippen LogP) is 5.22. The van der Waals surface area contributed by atoms with Gasteiger partial charge in [-0.25, -0.2) is 9.37 Å². The summed E-state index contributed by atoms with van der Waals surface area (Å²) in [4.78, 5) is 31.5. The molecule has 4 aromatic rings. The molecule has 6 nitrogen and oxygen atoms in total. The summed E-state index contributed by atoms with van der Waals surface area (Å²) in [5.74, 6) is -0.695. The van der Waals surface area contributed by atoms with Crippen LogP contribution in [0.3, 0.4) is 0 Å². The molecular formula is C26H24FN3O3S. The first-order valence-corrected chi connectivity index (χ1v) is 11.6. The lowest BCUT2D eigenvalue weighted by atomic mass is 10.1. The minimum absolute atomic E-state index is 0.191. The van der Waals surface area contributed by atoms with Gasteiger partial charge in [-0.1, -0.05) is 54.2 Å². The maximum Gasteiger partial charge on any atom is 0.262 e. The molecule has 2 atom stereocenters. The van der Waals surface area contributed by atoms with E-state index < -0.39 is 5.25 Å². The first kappa shape index (κ1) is 23.7. The summed E-state index contributed by atoms with van der Waals surface area (Å²) in [5, 5.41) is 3.05. The molecule has 1 N–H and O–H groups in total. The van der Waals surface area contributed by atoms with Gasteiger partial charge in [0.05, 0.1) is 23.6 Å². The quantitative estimate of drug-likeness (QED) is 0.278. The monoisotopic (exact) mass is 477 g/mol. The first-order chi connectivity index (χ1) is 16.5. The van der Waals surface area contributed by atoms with Gasteiger partial charge in [0.1, 0.15) is 11.1 Å². The van der Waals surface area contributed by atoms with Crippen molar-refractivity contribution in [2.24, 2.45) is 0 Å². The van der Waals surface area contributed by atoms with Crippen LogP contribution in [0, 0.1) is 5.82 Å². The van der Waals surface area contributed by atoms with E-state index in [2.05, 4.69) is 5.32 Å². The van der Waals surface area contributed by atoms with Crippen LogP contribution in [-0.4, -0.2) is 29.2 Å². The highest BCUT2D eigenvalue weighted by molar-refractivity contribution is 8.00. The van der Waals surface area contributed by atoms with Crippen LogP contribution in [0.5, 0.6) is 0 Å². The summed E-state index contributed by atoms with van der Waals surface area (Å²) in [6, 6.07) is 21.7. The van der Waals surface area contributed by atoms with Gasteiger partial charge in [-0.3, -0.25) is 14.2 Å². The van der Waals surface area contributed by atoms with Gasteiger partial charge in [0.25, 0.3) is 5.56 Å². The third-order valence-corrected chi connectivity index (χ3v) is 6.52. The Morgan fingerprint density at radius 2 is 1.74 bits per heavy atom. The fourth-order valence-electron chi connectivity index (χ4n) is 3.66. The second-order valence-corrected chi connectivity index (χ2v) is 8.87. The van der Waals surface area contributed by atoms with Crippen molar-refractivity contribution in [3.8, 4) is 0 Å². The van der Waals surface area contributed by atoms with Crippen molar-refractivity contribution in [2.75, 3.05) is 19.0 Å². The molecule has 1 aromatic heterocycles. The third kappa shape index (κ3) is 5.18. The predicted molar refractivity (Wildman–Crippen MR) is 133 cm³/mol. The number of hydrogen-bond acceptors (Lipinski definition) is 5. The summed E-state index contributed by atoms with van der Waals surface area (Å²) < 4.78 is 20.2. The van der Waals surface area contributed by atoms with Crippen LogP contribution in [0.15, 0.2) is 88.8 Å². The van der Waals surface area contributed by atoms with Crippen LogP contribution in [0.25, 0.3) is 10.9 Å². The number of methoxy groups -OCH3 is 1. The smallest absolute Gasteiger partial charge is 0.262 e. The van der Waals surface area contributed by atoms with Gasteiger partial charge in [-0.05, 0) is 48.9 Å². The van der Waals surface area contributed by atoms with Gasteiger partial charge in [0.15, 0.2) is 5.16 Å². The number of aromatic nitrogens is 2. The SMILES string of the molecule is COC[C@@H](C)n1c(S[C@@H](C(=O)Nc2ccc(F)cc2)c2ccccc2)nc2ccccc2c1=O. The van der Waals surface area contributed by atoms with Gasteiger partial charge in [-0.2, -0.15) is 0 Å². The van der Waals surface area contributed by atoms with Crippen molar-refractivity contribution in [3.63, 3.8) is 0 Å². The molecule has 0 fully saturated rings. The second-order valence-electron chi connectivity index (χ2n) is 7.80. The summed E-state index contributed by atoms with van der Waals surface area (Å²) in [5.41, 5.74) is 1.59. The number of benzene rings is 3. The molecule has 34 heavy (non-hydrogen) atoms. The van der Waals surface area contributed by atoms with Gasteiger partial charge in [0.2, 0.25) is 5.91 Å². The summed E-state index contributed by atoms with van der Waals surface area (Å²) >= 11 is 1.19. The number of carbonyl (C=O) groups is 1. The van der Waals surface area contributed by atoms with Crippen LogP contribution >= 0.6 is 11.8 Å². The largest absolute Gasteiger partial charge is 0.383 e. The number of hydrogen-bond donors (Lipinski definition) is 1. The lowest BCUT2D eigenvalue weighted by Crippen LogP contribution is -2.29. The molecule has 3 aromatic carbocycles. The molecule has 0 bridgehead atoms.